The average molecular weight is 1240 g/mol. The van der Waals surface area contributed by atoms with Crippen LogP contribution in [0.3, 0.4) is 0 Å². The molecule has 0 aliphatic carbocycles. The van der Waals surface area contributed by atoms with Gasteiger partial charge in [0.05, 0.1) is 48.0 Å². The van der Waals surface area contributed by atoms with Crippen LogP contribution in [-0.2, 0) is 36.9 Å². The third kappa shape index (κ3) is 16.1. The minimum Gasteiger partial charge on any atom is -1.00 e. The second-order valence-electron chi connectivity index (χ2n) is 18.8. The highest BCUT2D eigenvalue weighted by atomic mass is 127. The van der Waals surface area contributed by atoms with Gasteiger partial charge in [-0.25, -0.2) is 0 Å². The first-order valence-electron chi connectivity index (χ1n) is 26.0. The predicted octanol–water partition coefficient (Wildman–Crippen LogP) is 3.43. The second-order valence-corrected chi connectivity index (χ2v) is 18.8. The van der Waals surface area contributed by atoms with Crippen molar-refractivity contribution in [3.05, 3.63) is 133 Å². The second kappa shape index (κ2) is 30.0. The molecule has 6 aromatic carbocycles. The average Bonchev–Trinajstić information content (AvgIpc) is 3.39. The number of carbonyl (C=O) groups is 2. The van der Waals surface area contributed by atoms with Gasteiger partial charge in [0.25, 0.3) is 0 Å². The van der Waals surface area contributed by atoms with Crippen molar-refractivity contribution in [1.82, 2.24) is 10.6 Å². The Balaban J connectivity index is 0.00000457. The highest BCUT2D eigenvalue weighted by Gasteiger charge is 2.25. The van der Waals surface area contributed by atoms with Crippen molar-refractivity contribution < 1.29 is 80.9 Å². The molecule has 2 amide bonds. The van der Waals surface area contributed by atoms with Crippen molar-refractivity contribution in [1.29, 1.82) is 0 Å². The summed E-state index contributed by atoms with van der Waals surface area (Å²) in [5.41, 5.74) is 34.8. The summed E-state index contributed by atoms with van der Waals surface area (Å²) >= 11 is 0. The number of halogens is 2. The summed E-state index contributed by atoms with van der Waals surface area (Å²) in [6.45, 7) is 5.73. The number of fused-ring (bicyclic) bond motifs is 6. The van der Waals surface area contributed by atoms with Gasteiger partial charge in [-0.1, -0.05) is 48.5 Å². The van der Waals surface area contributed by atoms with Crippen LogP contribution in [0.1, 0.15) is 64.2 Å². The number of hydrogen-bond donors (Lipinski definition) is 6. The van der Waals surface area contributed by atoms with Gasteiger partial charge in [0, 0.05) is 109 Å². The van der Waals surface area contributed by atoms with Crippen molar-refractivity contribution in [3.63, 3.8) is 0 Å². The predicted molar refractivity (Wildman–Crippen MR) is 296 cm³/mol. The number of rotatable bonds is 28. The van der Waals surface area contributed by atoms with Gasteiger partial charge in [-0.15, -0.1) is 0 Å². The van der Waals surface area contributed by atoms with Crippen LogP contribution in [0.5, 0.6) is 0 Å². The molecule has 0 saturated carbocycles. The number of amides is 2. The smallest absolute Gasteiger partial charge is 0.220 e. The Bertz CT molecular complexity index is 2920. The molecule has 2 heterocycles. The van der Waals surface area contributed by atoms with E-state index in [1.807, 2.05) is 36.4 Å². The first-order valence-corrected chi connectivity index (χ1v) is 26.0. The summed E-state index contributed by atoms with van der Waals surface area (Å²) in [6.07, 6.45) is 7.72. The number of nitrogens with one attached hydrogen (secondary N) is 2. The number of unbranched alkanes of at least 4 members (excludes halogenated alkanes) is 4. The van der Waals surface area contributed by atoms with Crippen molar-refractivity contribution in [3.8, 4) is 22.5 Å². The lowest BCUT2D eigenvalue weighted by Gasteiger charge is -2.13. The zero-order valence-corrected chi connectivity index (χ0v) is 47.2. The molecular weight excluding hydrogens is 1170 g/mol. The number of benzene rings is 6. The van der Waals surface area contributed by atoms with E-state index in [0.717, 1.165) is 153 Å². The fraction of sp³-hybridized carbons (Fsp3) is 0.333. The molecule has 396 valence electrons. The molecule has 0 fully saturated rings. The largest absolute Gasteiger partial charge is 1.00 e. The number of anilines is 4. The monoisotopic (exact) mass is 1240 g/mol. The number of ether oxygens (including phenoxy) is 3. The van der Waals surface area contributed by atoms with E-state index in [9.17, 15) is 9.59 Å². The molecule has 75 heavy (non-hydrogen) atoms. The van der Waals surface area contributed by atoms with Crippen LogP contribution >= 0.6 is 0 Å². The highest BCUT2D eigenvalue weighted by Crippen LogP contribution is 2.35. The highest BCUT2D eigenvalue weighted by molar-refractivity contribution is 6.11. The number of hydrogen-bond acceptors (Lipinski definition) is 9. The quantitative estimate of drug-likeness (QED) is 0.0140. The third-order valence-electron chi connectivity index (χ3n) is 13.3. The van der Waals surface area contributed by atoms with Gasteiger partial charge in [0.1, 0.15) is 13.1 Å². The van der Waals surface area contributed by atoms with Crippen LogP contribution in [-0.4, -0.2) is 64.5 Å². The fourth-order valence-electron chi connectivity index (χ4n) is 9.78. The summed E-state index contributed by atoms with van der Waals surface area (Å²) in [5.74, 6) is 0.126. The van der Waals surface area contributed by atoms with E-state index in [0.29, 0.717) is 65.6 Å². The van der Waals surface area contributed by atoms with E-state index in [1.54, 1.807) is 0 Å². The Morgan fingerprint density at radius 1 is 0.387 bits per heavy atom. The molecule has 8 aromatic rings. The standard InChI is InChI=1S/C60H70N8O5.2HI/c61-45-21-25-49-51-27-23-47(63)41-55(51)67(59(53(49)39-45)43-15-5-1-6-16-43)31-11-3-9-19-57(69)65-29-13-33-71-35-37-73-38-36-72-34-14-30-66-58(70)20-10-4-12-32-68-56-42-48(64)24-28-52(56)50-26-22-46(62)40-54(50)60(68)44-17-7-2-8-18-44;;/h1-2,5-8,15-18,21-28,39-42,63-64H,3-4,9-14,19-20,29-38,61-62H2,(H2,65,66,69,70);2*1H. The maximum absolute atomic E-state index is 12.6. The van der Waals surface area contributed by atoms with E-state index < -0.39 is 0 Å². The maximum atomic E-state index is 12.6. The Morgan fingerprint density at radius 3 is 1.15 bits per heavy atom. The van der Waals surface area contributed by atoms with Crippen LogP contribution in [0.25, 0.3) is 65.9 Å². The van der Waals surface area contributed by atoms with Crippen molar-refractivity contribution in [2.45, 2.75) is 77.3 Å². The summed E-state index contributed by atoms with van der Waals surface area (Å²) < 4.78 is 21.8. The number of nitrogen functional groups attached to an aromatic ring is 4. The lowest BCUT2D eigenvalue weighted by atomic mass is 9.98. The Labute approximate surface area is 475 Å². The molecule has 13 nitrogen and oxygen atoms in total. The molecule has 0 radical (unpaired) electrons. The molecule has 2 aromatic heterocycles. The first kappa shape index (κ1) is 58.4. The molecule has 0 bridgehead atoms. The molecule has 15 heteroatoms. The summed E-state index contributed by atoms with van der Waals surface area (Å²) in [4.78, 5) is 25.2. The molecule has 0 atom stereocenters. The molecule has 0 spiro atoms. The minimum absolute atomic E-state index is 0. The number of pyridine rings is 2. The number of carbonyl (C=O) groups excluding carboxylic acids is 2. The normalized spacial score (nSPS) is 11.2. The van der Waals surface area contributed by atoms with Gasteiger partial charge in [-0.05, 0) is 111 Å². The number of aromatic nitrogens is 2. The number of nitrogens with zero attached hydrogens (tertiary/aromatic N) is 2. The van der Waals surface area contributed by atoms with Crippen molar-refractivity contribution >= 4 is 77.9 Å². The van der Waals surface area contributed by atoms with Gasteiger partial charge >= 0.3 is 0 Å². The van der Waals surface area contributed by atoms with E-state index >= 15 is 0 Å². The lowest BCUT2D eigenvalue weighted by molar-refractivity contribution is -0.660. The minimum atomic E-state index is 0. The molecule has 8 rings (SSSR count). The van der Waals surface area contributed by atoms with E-state index in [1.165, 1.54) is 0 Å². The maximum Gasteiger partial charge on any atom is 0.220 e. The van der Waals surface area contributed by atoms with Crippen LogP contribution in [0.4, 0.5) is 22.7 Å². The molecule has 0 aliphatic heterocycles. The van der Waals surface area contributed by atoms with E-state index in [2.05, 4.69) is 117 Å². The van der Waals surface area contributed by atoms with Crippen LogP contribution in [0.2, 0.25) is 0 Å². The number of nitrogens with two attached hydrogens (primary N) is 4. The molecule has 0 saturated heterocycles. The zero-order chi connectivity index (χ0) is 50.8. The molecular formula is C60H72I2N8O5. The molecule has 0 aliphatic rings. The van der Waals surface area contributed by atoms with Crippen LogP contribution < -0.4 is 90.7 Å². The van der Waals surface area contributed by atoms with Crippen LogP contribution in [0.15, 0.2) is 133 Å². The van der Waals surface area contributed by atoms with E-state index in [-0.39, 0.29) is 59.8 Å². The van der Waals surface area contributed by atoms with Gasteiger partial charge in [-0.2, -0.15) is 9.13 Å². The zero-order valence-electron chi connectivity index (χ0n) is 42.8. The van der Waals surface area contributed by atoms with Gasteiger partial charge in [-0.3, -0.25) is 9.59 Å². The molecule has 10 N–H and O–H groups in total. The number of aryl methyl sites for hydroxylation is 2. The lowest BCUT2D eigenvalue weighted by Crippen LogP contribution is -3.00. The van der Waals surface area contributed by atoms with Gasteiger partial charge in [0.15, 0.2) is 0 Å². The van der Waals surface area contributed by atoms with Gasteiger partial charge < -0.3 is 95.7 Å². The SMILES string of the molecule is Nc1ccc2c(c1)c(-c1ccccc1)[n+](CCCCCC(=O)NCCCOCCOCCOCCCNC(=O)CCCCC[n+]1c(-c3ccccc3)c3cc(N)ccc3c3ccc(N)cc31)c1cc(N)ccc21.[I-].[I-]. The first-order chi connectivity index (χ1) is 35.7. The van der Waals surface area contributed by atoms with E-state index in [4.69, 9.17) is 37.1 Å². The Hall–Kier alpha value is -5.86. The summed E-state index contributed by atoms with van der Waals surface area (Å²) in [7, 11) is 0. The molecule has 0 unspecified atom stereocenters. The Morgan fingerprint density at radius 2 is 0.747 bits per heavy atom. The third-order valence-corrected chi connectivity index (χ3v) is 13.3. The summed E-state index contributed by atoms with van der Waals surface area (Å²) in [5, 5.41) is 12.8. The van der Waals surface area contributed by atoms with Crippen molar-refractivity contribution in [2.75, 3.05) is 75.7 Å². The Kier molecular flexibility index (Phi) is 23.4. The summed E-state index contributed by atoms with van der Waals surface area (Å²) in [6, 6.07) is 45.3. The van der Waals surface area contributed by atoms with Crippen LogP contribution in [0, 0.1) is 0 Å². The fourth-order valence-corrected chi connectivity index (χ4v) is 9.78. The van der Waals surface area contributed by atoms with Crippen molar-refractivity contribution in [2.24, 2.45) is 0 Å². The van der Waals surface area contributed by atoms with Gasteiger partial charge in [0.2, 0.25) is 34.2 Å². The topological polar surface area (TPSA) is 198 Å².